The summed E-state index contributed by atoms with van der Waals surface area (Å²) in [5, 5.41) is 21.3. The van der Waals surface area contributed by atoms with Crippen LogP contribution >= 0.6 is 0 Å². The number of hydrogen-bond donors (Lipinski definition) is 2. The van der Waals surface area contributed by atoms with Gasteiger partial charge in [-0.05, 0) is 31.5 Å². The first kappa shape index (κ1) is 15.9. The van der Waals surface area contributed by atoms with Gasteiger partial charge in [-0.15, -0.1) is 10.2 Å². The lowest BCUT2D eigenvalue weighted by Gasteiger charge is -2.34. The number of likely N-dealkylation sites (tertiary alicyclic amines) is 1. The average Bonchev–Trinajstić information content (AvgIpc) is 2.63. The third-order valence-corrected chi connectivity index (χ3v) is 4.40. The highest BCUT2D eigenvalue weighted by Crippen LogP contribution is 2.17. The van der Waals surface area contributed by atoms with Crippen molar-refractivity contribution in [1.29, 1.82) is 0 Å². The Balaban J connectivity index is 1.51. The van der Waals surface area contributed by atoms with E-state index in [9.17, 15) is 5.11 Å². The number of anilines is 1. The number of hydrogen-bond acceptors (Lipinski definition) is 5. The molecule has 0 spiro atoms. The van der Waals surface area contributed by atoms with Crippen molar-refractivity contribution in [3.05, 3.63) is 42.5 Å². The molecule has 1 fully saturated rings. The van der Waals surface area contributed by atoms with Crippen LogP contribution in [0.25, 0.3) is 11.3 Å². The molecule has 1 unspecified atom stereocenters. The van der Waals surface area contributed by atoms with Gasteiger partial charge in [0, 0.05) is 24.7 Å². The van der Waals surface area contributed by atoms with Crippen LogP contribution in [-0.4, -0.2) is 52.5 Å². The van der Waals surface area contributed by atoms with Gasteiger partial charge in [-0.2, -0.15) is 0 Å². The number of nitrogens with one attached hydrogen (secondary N) is 1. The van der Waals surface area contributed by atoms with Crippen molar-refractivity contribution in [2.45, 2.75) is 25.3 Å². The van der Waals surface area contributed by atoms with E-state index in [0.717, 1.165) is 43.1 Å². The van der Waals surface area contributed by atoms with E-state index in [-0.39, 0.29) is 6.61 Å². The van der Waals surface area contributed by atoms with Gasteiger partial charge in [0.05, 0.1) is 12.3 Å². The lowest BCUT2D eigenvalue weighted by atomic mass is 10.0. The molecule has 5 nitrogen and oxygen atoms in total. The van der Waals surface area contributed by atoms with E-state index < -0.39 is 0 Å². The van der Waals surface area contributed by atoms with Gasteiger partial charge in [0.25, 0.3) is 0 Å². The second-order valence-corrected chi connectivity index (χ2v) is 5.96. The van der Waals surface area contributed by atoms with E-state index in [1.165, 1.54) is 12.8 Å². The smallest absolute Gasteiger partial charge is 0.148 e. The fourth-order valence-electron chi connectivity index (χ4n) is 3.08. The highest BCUT2D eigenvalue weighted by Gasteiger charge is 2.20. The minimum absolute atomic E-state index is 0.256. The normalized spacial score (nSPS) is 18.7. The average molecular weight is 312 g/mol. The summed E-state index contributed by atoms with van der Waals surface area (Å²) >= 11 is 0. The van der Waals surface area contributed by atoms with Gasteiger partial charge in [-0.1, -0.05) is 36.8 Å². The molecule has 23 heavy (non-hydrogen) atoms. The van der Waals surface area contributed by atoms with E-state index in [1.807, 2.05) is 42.5 Å². The third-order valence-electron chi connectivity index (χ3n) is 4.40. The van der Waals surface area contributed by atoms with Crippen LogP contribution in [0.15, 0.2) is 42.5 Å². The van der Waals surface area contributed by atoms with Crippen LogP contribution in [0.5, 0.6) is 0 Å². The highest BCUT2D eigenvalue weighted by molar-refractivity contribution is 5.59. The summed E-state index contributed by atoms with van der Waals surface area (Å²) in [4.78, 5) is 2.36. The molecule has 0 radical (unpaired) electrons. The fourth-order valence-corrected chi connectivity index (χ4v) is 3.08. The molecule has 0 bridgehead atoms. The molecule has 1 aliphatic heterocycles. The third kappa shape index (κ3) is 4.27. The largest absolute Gasteiger partial charge is 0.395 e. The van der Waals surface area contributed by atoms with Gasteiger partial charge in [0.2, 0.25) is 0 Å². The Morgan fingerprint density at radius 2 is 1.96 bits per heavy atom. The maximum atomic E-state index is 9.43. The Kier molecular flexibility index (Phi) is 5.56. The molecule has 3 rings (SSSR count). The molecule has 0 amide bonds. The molecule has 1 aromatic carbocycles. The van der Waals surface area contributed by atoms with Crippen LogP contribution in [0.1, 0.15) is 19.3 Å². The predicted octanol–water partition coefficient (Wildman–Crippen LogP) is 2.40. The summed E-state index contributed by atoms with van der Waals surface area (Å²) in [5.74, 6) is 0.794. The Labute approximate surface area is 137 Å². The fraction of sp³-hybridized carbons (Fsp3) is 0.444. The SMILES string of the molecule is OCC1CCCCN1CCNc1ccc(-c2ccccc2)nn1. The predicted molar refractivity (Wildman–Crippen MR) is 92.3 cm³/mol. The van der Waals surface area contributed by atoms with Crippen molar-refractivity contribution < 1.29 is 5.11 Å². The molecule has 2 aromatic rings. The molecule has 1 saturated heterocycles. The minimum atomic E-state index is 0.256. The van der Waals surface area contributed by atoms with Gasteiger partial charge in [0.1, 0.15) is 5.82 Å². The van der Waals surface area contributed by atoms with Crippen molar-refractivity contribution in [3.8, 4) is 11.3 Å². The monoisotopic (exact) mass is 312 g/mol. The van der Waals surface area contributed by atoms with Gasteiger partial charge in [0.15, 0.2) is 0 Å². The standard InChI is InChI=1S/C18H24N4O/c23-14-16-8-4-5-12-22(16)13-11-19-18-10-9-17(20-21-18)15-6-2-1-3-7-15/h1-3,6-7,9-10,16,23H,4-5,8,11-14H2,(H,19,21). The number of benzene rings is 1. The maximum Gasteiger partial charge on any atom is 0.148 e. The van der Waals surface area contributed by atoms with Crippen molar-refractivity contribution in [2.75, 3.05) is 31.6 Å². The van der Waals surface area contributed by atoms with E-state index >= 15 is 0 Å². The molecule has 0 aliphatic carbocycles. The Bertz CT molecular complexity index is 588. The van der Waals surface area contributed by atoms with Gasteiger partial charge in [-0.3, -0.25) is 4.90 Å². The first-order valence-electron chi connectivity index (χ1n) is 8.35. The Morgan fingerprint density at radius 1 is 1.09 bits per heavy atom. The second kappa shape index (κ2) is 8.04. The summed E-state index contributed by atoms with van der Waals surface area (Å²) in [5.41, 5.74) is 1.96. The van der Waals surface area contributed by atoms with Gasteiger partial charge >= 0.3 is 0 Å². The molecule has 0 saturated carbocycles. The number of aromatic nitrogens is 2. The second-order valence-electron chi connectivity index (χ2n) is 5.96. The summed E-state index contributed by atoms with van der Waals surface area (Å²) in [7, 11) is 0. The summed E-state index contributed by atoms with van der Waals surface area (Å²) in [6.07, 6.45) is 3.55. The van der Waals surface area contributed by atoms with Gasteiger partial charge < -0.3 is 10.4 Å². The first-order valence-corrected chi connectivity index (χ1v) is 8.35. The van der Waals surface area contributed by atoms with Crippen LogP contribution in [-0.2, 0) is 0 Å². The maximum absolute atomic E-state index is 9.43. The van der Waals surface area contributed by atoms with Crippen LogP contribution < -0.4 is 5.32 Å². The lowest BCUT2D eigenvalue weighted by Crippen LogP contribution is -2.44. The number of piperidine rings is 1. The highest BCUT2D eigenvalue weighted by atomic mass is 16.3. The molecule has 2 heterocycles. The van der Waals surface area contributed by atoms with Crippen molar-refractivity contribution >= 4 is 5.82 Å². The van der Waals surface area contributed by atoms with Crippen LogP contribution in [0.4, 0.5) is 5.82 Å². The van der Waals surface area contributed by atoms with E-state index in [2.05, 4.69) is 20.4 Å². The molecule has 1 aliphatic rings. The quantitative estimate of drug-likeness (QED) is 0.858. The molecule has 5 heteroatoms. The van der Waals surface area contributed by atoms with E-state index in [4.69, 9.17) is 0 Å². The van der Waals surface area contributed by atoms with E-state index in [0.29, 0.717) is 6.04 Å². The first-order chi connectivity index (χ1) is 11.4. The summed E-state index contributed by atoms with van der Waals surface area (Å²) < 4.78 is 0. The van der Waals surface area contributed by atoms with Crippen LogP contribution in [0, 0.1) is 0 Å². The van der Waals surface area contributed by atoms with Crippen LogP contribution in [0.2, 0.25) is 0 Å². The topological polar surface area (TPSA) is 61.3 Å². The number of aliphatic hydroxyl groups is 1. The zero-order valence-corrected chi connectivity index (χ0v) is 13.4. The van der Waals surface area contributed by atoms with Gasteiger partial charge in [-0.25, -0.2) is 0 Å². The molecular weight excluding hydrogens is 288 g/mol. The molecule has 1 aromatic heterocycles. The van der Waals surface area contributed by atoms with Crippen molar-refractivity contribution in [1.82, 2.24) is 15.1 Å². The Hall–Kier alpha value is -1.98. The zero-order valence-electron chi connectivity index (χ0n) is 13.4. The van der Waals surface area contributed by atoms with E-state index in [1.54, 1.807) is 0 Å². The van der Waals surface area contributed by atoms with Crippen molar-refractivity contribution in [2.24, 2.45) is 0 Å². The Morgan fingerprint density at radius 3 is 2.70 bits per heavy atom. The zero-order chi connectivity index (χ0) is 15.9. The number of aliphatic hydroxyl groups excluding tert-OH is 1. The number of nitrogens with zero attached hydrogens (tertiary/aromatic N) is 3. The van der Waals surface area contributed by atoms with Crippen molar-refractivity contribution in [3.63, 3.8) is 0 Å². The summed E-state index contributed by atoms with van der Waals surface area (Å²) in [6.45, 7) is 3.07. The molecule has 1 atom stereocenters. The molecule has 122 valence electrons. The summed E-state index contributed by atoms with van der Waals surface area (Å²) in [6, 6.07) is 14.3. The molecular formula is C18H24N4O. The number of rotatable bonds is 6. The minimum Gasteiger partial charge on any atom is -0.395 e. The molecule has 2 N–H and O–H groups in total. The lowest BCUT2D eigenvalue weighted by molar-refractivity contribution is 0.0940. The van der Waals surface area contributed by atoms with Crippen LogP contribution in [0.3, 0.4) is 0 Å².